The van der Waals surface area contributed by atoms with Crippen LogP contribution in [0.1, 0.15) is 19.3 Å². The second kappa shape index (κ2) is 6.41. The Labute approximate surface area is 110 Å². The summed E-state index contributed by atoms with van der Waals surface area (Å²) in [5.74, 6) is 3.46. The molecule has 2 fully saturated rings. The topological polar surface area (TPSA) is 32.5 Å². The maximum absolute atomic E-state index is 6.00. The van der Waals surface area contributed by atoms with E-state index in [0.717, 1.165) is 18.5 Å². The fourth-order valence-electron chi connectivity index (χ4n) is 3.27. The highest BCUT2D eigenvalue weighted by Crippen LogP contribution is 2.28. The van der Waals surface area contributed by atoms with E-state index >= 15 is 0 Å². The second-order valence-corrected chi connectivity index (χ2v) is 6.79. The first-order valence-electron chi connectivity index (χ1n) is 6.90. The number of nitrogens with two attached hydrogens (primary N) is 1. The van der Waals surface area contributed by atoms with Gasteiger partial charge in [-0.1, -0.05) is 0 Å². The van der Waals surface area contributed by atoms with Crippen molar-refractivity contribution in [2.45, 2.75) is 31.3 Å². The molecule has 0 aromatic rings. The molecule has 0 aliphatic carbocycles. The monoisotopic (exact) mass is 257 g/mol. The molecule has 2 N–H and O–H groups in total. The molecule has 0 bridgehead atoms. The summed E-state index contributed by atoms with van der Waals surface area (Å²) in [5.41, 5.74) is 6.00. The first-order valence-corrected chi connectivity index (χ1v) is 8.06. The zero-order valence-corrected chi connectivity index (χ0v) is 12.1. The number of nitrogens with zero attached hydrogens (tertiary/aromatic N) is 2. The lowest BCUT2D eigenvalue weighted by Crippen LogP contribution is -2.48. The molecule has 0 spiro atoms. The molecule has 0 saturated carbocycles. The Balaban J connectivity index is 1.85. The van der Waals surface area contributed by atoms with Crippen LogP contribution in [0.4, 0.5) is 0 Å². The van der Waals surface area contributed by atoms with Crippen molar-refractivity contribution in [3.63, 3.8) is 0 Å². The molecular formula is C13H27N3S. The number of hydrogen-bond acceptors (Lipinski definition) is 4. The normalized spacial score (nSPS) is 32.5. The fraction of sp³-hybridized carbons (Fsp3) is 1.00. The number of hydrogen-bond donors (Lipinski definition) is 1. The van der Waals surface area contributed by atoms with Crippen molar-refractivity contribution in [2.24, 2.45) is 11.7 Å². The van der Waals surface area contributed by atoms with Gasteiger partial charge in [0.1, 0.15) is 0 Å². The van der Waals surface area contributed by atoms with Gasteiger partial charge in [-0.3, -0.25) is 0 Å². The van der Waals surface area contributed by atoms with Gasteiger partial charge in [0, 0.05) is 25.2 Å². The van der Waals surface area contributed by atoms with Gasteiger partial charge in [-0.15, -0.1) is 0 Å². The third kappa shape index (κ3) is 3.37. The minimum absolute atomic E-state index is 0.596. The van der Waals surface area contributed by atoms with Crippen LogP contribution in [0.2, 0.25) is 0 Å². The summed E-state index contributed by atoms with van der Waals surface area (Å²) >= 11 is 2.09. The van der Waals surface area contributed by atoms with Crippen molar-refractivity contribution in [3.8, 4) is 0 Å². The van der Waals surface area contributed by atoms with Gasteiger partial charge < -0.3 is 15.5 Å². The highest BCUT2D eigenvalue weighted by Gasteiger charge is 2.30. The van der Waals surface area contributed by atoms with Crippen LogP contribution in [0.25, 0.3) is 0 Å². The van der Waals surface area contributed by atoms with Gasteiger partial charge in [0.15, 0.2) is 0 Å². The number of rotatable bonds is 5. The lowest BCUT2D eigenvalue weighted by Gasteiger charge is -2.34. The van der Waals surface area contributed by atoms with Crippen molar-refractivity contribution in [1.82, 2.24) is 9.80 Å². The minimum Gasteiger partial charge on any atom is -0.329 e. The molecule has 2 aliphatic rings. The van der Waals surface area contributed by atoms with Crippen LogP contribution in [0.15, 0.2) is 0 Å². The highest BCUT2D eigenvalue weighted by atomic mass is 32.2. The number of likely N-dealkylation sites (tertiary alicyclic amines) is 1. The molecular weight excluding hydrogens is 230 g/mol. The average Bonchev–Trinajstić information content (AvgIpc) is 2.93. The molecule has 3 nitrogen and oxygen atoms in total. The maximum atomic E-state index is 6.00. The predicted molar refractivity (Wildman–Crippen MR) is 76.6 cm³/mol. The van der Waals surface area contributed by atoms with Crippen LogP contribution in [0.3, 0.4) is 0 Å². The van der Waals surface area contributed by atoms with E-state index in [1.807, 2.05) is 0 Å². The zero-order valence-electron chi connectivity index (χ0n) is 11.3. The highest BCUT2D eigenvalue weighted by molar-refractivity contribution is 7.99. The van der Waals surface area contributed by atoms with Crippen LogP contribution in [-0.2, 0) is 0 Å². The molecule has 3 unspecified atom stereocenters. The van der Waals surface area contributed by atoms with E-state index in [0.29, 0.717) is 6.04 Å². The van der Waals surface area contributed by atoms with Crippen LogP contribution in [-0.4, -0.2) is 67.1 Å². The Hall–Kier alpha value is 0.230. The SMILES string of the molecule is CN1CCCC1CN(C)C(CN)C1CCSC1. The number of thioether (sulfide) groups is 1. The Bertz CT molecular complexity index is 231. The van der Waals surface area contributed by atoms with Gasteiger partial charge in [0.2, 0.25) is 0 Å². The van der Waals surface area contributed by atoms with E-state index in [1.54, 1.807) is 0 Å². The van der Waals surface area contributed by atoms with Gasteiger partial charge in [-0.05, 0) is 57.3 Å². The quantitative estimate of drug-likeness (QED) is 0.799. The van der Waals surface area contributed by atoms with Gasteiger partial charge in [0.25, 0.3) is 0 Å². The summed E-state index contributed by atoms with van der Waals surface area (Å²) < 4.78 is 0. The van der Waals surface area contributed by atoms with E-state index in [-0.39, 0.29) is 0 Å². The predicted octanol–water partition coefficient (Wildman–Crippen LogP) is 1.09. The van der Waals surface area contributed by atoms with Crippen LogP contribution >= 0.6 is 11.8 Å². The third-order valence-corrected chi connectivity index (χ3v) is 5.68. The second-order valence-electron chi connectivity index (χ2n) is 5.64. The Morgan fingerprint density at radius 1 is 1.47 bits per heavy atom. The Kier molecular flexibility index (Phi) is 5.15. The molecule has 17 heavy (non-hydrogen) atoms. The molecule has 4 heteroatoms. The van der Waals surface area contributed by atoms with E-state index in [1.165, 1.54) is 43.9 Å². The summed E-state index contributed by atoms with van der Waals surface area (Å²) in [4.78, 5) is 5.04. The van der Waals surface area contributed by atoms with Gasteiger partial charge in [-0.25, -0.2) is 0 Å². The lowest BCUT2D eigenvalue weighted by molar-refractivity contribution is 0.147. The largest absolute Gasteiger partial charge is 0.329 e. The molecule has 2 aliphatic heterocycles. The summed E-state index contributed by atoms with van der Waals surface area (Å²) in [6.45, 7) is 3.28. The maximum Gasteiger partial charge on any atom is 0.0252 e. The first kappa shape index (κ1) is 13.7. The summed E-state index contributed by atoms with van der Waals surface area (Å²) in [6.07, 6.45) is 4.08. The van der Waals surface area contributed by atoms with Gasteiger partial charge >= 0.3 is 0 Å². The minimum atomic E-state index is 0.596. The van der Waals surface area contributed by atoms with E-state index in [4.69, 9.17) is 5.73 Å². The molecule has 0 amide bonds. The van der Waals surface area contributed by atoms with Crippen molar-refractivity contribution < 1.29 is 0 Å². The Morgan fingerprint density at radius 3 is 2.82 bits per heavy atom. The van der Waals surface area contributed by atoms with Crippen LogP contribution in [0.5, 0.6) is 0 Å². The smallest absolute Gasteiger partial charge is 0.0252 e. The summed E-state index contributed by atoms with van der Waals surface area (Å²) in [6, 6.07) is 1.35. The molecule has 0 aromatic carbocycles. The summed E-state index contributed by atoms with van der Waals surface area (Å²) in [5, 5.41) is 0. The van der Waals surface area contributed by atoms with Gasteiger partial charge in [-0.2, -0.15) is 11.8 Å². The standard InChI is InChI=1S/C13H27N3S/c1-15-6-3-4-12(15)9-16(2)13(8-14)11-5-7-17-10-11/h11-13H,3-10,14H2,1-2H3. The fourth-order valence-corrected chi connectivity index (χ4v) is 4.59. The Morgan fingerprint density at radius 2 is 2.29 bits per heavy atom. The molecule has 3 atom stereocenters. The molecule has 0 aromatic heterocycles. The summed E-state index contributed by atoms with van der Waals surface area (Å²) in [7, 11) is 4.53. The van der Waals surface area contributed by atoms with Crippen molar-refractivity contribution in [1.29, 1.82) is 0 Å². The first-order chi connectivity index (χ1) is 8.22. The lowest BCUT2D eigenvalue weighted by atomic mass is 9.97. The van der Waals surface area contributed by atoms with Gasteiger partial charge in [0.05, 0.1) is 0 Å². The zero-order chi connectivity index (χ0) is 12.3. The number of likely N-dealkylation sites (N-methyl/N-ethyl adjacent to an activating group) is 2. The van der Waals surface area contributed by atoms with Crippen molar-refractivity contribution in [3.05, 3.63) is 0 Å². The third-order valence-electron chi connectivity index (χ3n) is 4.49. The van der Waals surface area contributed by atoms with Crippen molar-refractivity contribution in [2.75, 3.05) is 45.2 Å². The average molecular weight is 257 g/mol. The van der Waals surface area contributed by atoms with E-state index in [9.17, 15) is 0 Å². The molecule has 100 valence electrons. The molecule has 2 rings (SSSR count). The van der Waals surface area contributed by atoms with E-state index in [2.05, 4.69) is 35.7 Å². The molecule has 0 radical (unpaired) electrons. The molecule has 2 saturated heterocycles. The van der Waals surface area contributed by atoms with Crippen molar-refractivity contribution >= 4 is 11.8 Å². The van der Waals surface area contributed by atoms with E-state index < -0.39 is 0 Å². The molecule has 2 heterocycles. The van der Waals surface area contributed by atoms with Crippen LogP contribution < -0.4 is 5.73 Å². The van der Waals surface area contributed by atoms with Crippen LogP contribution in [0, 0.1) is 5.92 Å².